The maximum Gasteiger partial charge on any atom is 0.193 e. The van der Waals surface area contributed by atoms with E-state index in [0.29, 0.717) is 37.2 Å². The Balaban J connectivity index is 1.88. The van der Waals surface area contributed by atoms with Crippen molar-refractivity contribution >= 4 is 21.9 Å². The van der Waals surface area contributed by atoms with Crippen LogP contribution < -0.4 is 14.8 Å². The second-order valence-corrected chi connectivity index (χ2v) is 7.24. The molecule has 0 radical (unpaired) electrons. The third-order valence-electron chi connectivity index (χ3n) is 4.53. The number of likely N-dealkylation sites (tertiary alicyclic amines) is 1. The van der Waals surface area contributed by atoms with Crippen molar-refractivity contribution in [2.24, 2.45) is 10.9 Å². The minimum atomic E-state index is 0.524. The Morgan fingerprint density at radius 1 is 1.26 bits per heavy atom. The van der Waals surface area contributed by atoms with Gasteiger partial charge in [-0.1, -0.05) is 0 Å². The average Bonchev–Trinajstić information content (AvgIpc) is 3.14. The zero-order valence-corrected chi connectivity index (χ0v) is 18.2. The Kier molecular flexibility index (Phi) is 9.17. The number of aliphatic imine (C=N–C) groups is 1. The van der Waals surface area contributed by atoms with Gasteiger partial charge < -0.3 is 29.2 Å². The highest BCUT2D eigenvalue weighted by Crippen LogP contribution is 2.36. The predicted octanol–water partition coefficient (Wildman–Crippen LogP) is 2.53. The summed E-state index contributed by atoms with van der Waals surface area (Å²) in [4.78, 5) is 6.71. The van der Waals surface area contributed by atoms with E-state index in [1.165, 1.54) is 0 Å². The number of benzene rings is 1. The minimum absolute atomic E-state index is 0.524. The van der Waals surface area contributed by atoms with E-state index in [0.717, 1.165) is 42.1 Å². The van der Waals surface area contributed by atoms with E-state index in [-0.39, 0.29) is 0 Å². The van der Waals surface area contributed by atoms with Crippen molar-refractivity contribution in [3.63, 3.8) is 0 Å². The minimum Gasteiger partial charge on any atom is -0.493 e. The van der Waals surface area contributed by atoms with Crippen LogP contribution >= 0.6 is 15.9 Å². The van der Waals surface area contributed by atoms with Crippen molar-refractivity contribution in [3.05, 3.63) is 22.2 Å². The van der Waals surface area contributed by atoms with Crippen LogP contribution in [0.2, 0.25) is 0 Å². The molecule has 0 saturated carbocycles. The van der Waals surface area contributed by atoms with Crippen LogP contribution in [0.25, 0.3) is 0 Å². The molecule has 0 amide bonds. The number of methoxy groups -OCH3 is 3. The van der Waals surface area contributed by atoms with Gasteiger partial charge in [0.25, 0.3) is 0 Å². The zero-order chi connectivity index (χ0) is 19.6. The van der Waals surface area contributed by atoms with Crippen LogP contribution in [0.15, 0.2) is 21.6 Å². The molecule has 8 heteroatoms. The lowest BCUT2D eigenvalue weighted by atomic mass is 10.1. The third-order valence-corrected chi connectivity index (χ3v) is 5.12. The molecule has 0 spiro atoms. The Labute approximate surface area is 170 Å². The second-order valence-electron chi connectivity index (χ2n) is 6.38. The van der Waals surface area contributed by atoms with Crippen LogP contribution in [-0.2, 0) is 16.0 Å². The molecule has 2 rings (SSSR count). The van der Waals surface area contributed by atoms with Gasteiger partial charge in [-0.3, -0.25) is 4.99 Å². The molecule has 152 valence electrons. The Morgan fingerprint density at radius 2 is 2.07 bits per heavy atom. The molecule has 1 aromatic rings. The second kappa shape index (κ2) is 11.4. The number of rotatable bonds is 9. The molecule has 27 heavy (non-hydrogen) atoms. The molecule has 0 bridgehead atoms. The first-order chi connectivity index (χ1) is 13.1. The van der Waals surface area contributed by atoms with Crippen molar-refractivity contribution in [2.45, 2.75) is 13.0 Å². The highest BCUT2D eigenvalue weighted by atomic mass is 79.9. The number of nitrogens with zero attached hydrogens (tertiary/aromatic N) is 2. The Hall–Kier alpha value is -1.51. The van der Waals surface area contributed by atoms with E-state index in [9.17, 15) is 0 Å². The summed E-state index contributed by atoms with van der Waals surface area (Å²) in [6, 6.07) is 4.00. The monoisotopic (exact) mass is 443 g/mol. The fourth-order valence-corrected chi connectivity index (χ4v) is 3.79. The van der Waals surface area contributed by atoms with E-state index in [4.69, 9.17) is 18.9 Å². The van der Waals surface area contributed by atoms with Gasteiger partial charge in [-0.05, 0) is 40.0 Å². The van der Waals surface area contributed by atoms with E-state index in [1.807, 2.05) is 19.2 Å². The molecule has 1 unspecified atom stereocenters. The average molecular weight is 444 g/mol. The topological polar surface area (TPSA) is 64.6 Å². The summed E-state index contributed by atoms with van der Waals surface area (Å²) in [5.74, 6) is 2.82. The summed E-state index contributed by atoms with van der Waals surface area (Å²) in [6.07, 6.45) is 1.11. The molecule has 1 N–H and O–H groups in total. The Morgan fingerprint density at radius 3 is 2.74 bits per heavy atom. The highest BCUT2D eigenvalue weighted by molar-refractivity contribution is 9.10. The van der Waals surface area contributed by atoms with Crippen molar-refractivity contribution in [1.82, 2.24) is 10.2 Å². The molecule has 1 fully saturated rings. The van der Waals surface area contributed by atoms with Gasteiger partial charge in [-0.2, -0.15) is 0 Å². The van der Waals surface area contributed by atoms with Crippen molar-refractivity contribution in [1.29, 1.82) is 0 Å². The van der Waals surface area contributed by atoms with E-state index in [1.54, 1.807) is 21.3 Å². The maximum absolute atomic E-state index is 5.67. The van der Waals surface area contributed by atoms with Crippen LogP contribution in [0.5, 0.6) is 11.5 Å². The van der Waals surface area contributed by atoms with Gasteiger partial charge in [-0.15, -0.1) is 0 Å². The summed E-state index contributed by atoms with van der Waals surface area (Å²) in [7, 11) is 6.77. The summed E-state index contributed by atoms with van der Waals surface area (Å²) in [6.45, 7) is 4.63. The Bertz CT molecular complexity index is 627. The maximum atomic E-state index is 5.67. The molecule has 1 aliphatic rings. The molecular formula is C19H30BrN3O4. The quantitative estimate of drug-likeness (QED) is 0.359. The zero-order valence-electron chi connectivity index (χ0n) is 16.6. The number of halogens is 1. The molecule has 1 saturated heterocycles. The lowest BCUT2D eigenvalue weighted by Gasteiger charge is -2.22. The number of hydrogen-bond acceptors (Lipinski definition) is 5. The molecule has 1 heterocycles. The lowest BCUT2D eigenvalue weighted by molar-refractivity contribution is 0.0536. The molecule has 1 aromatic carbocycles. The van der Waals surface area contributed by atoms with E-state index < -0.39 is 0 Å². The van der Waals surface area contributed by atoms with Crippen LogP contribution in [-0.4, -0.2) is 72.1 Å². The first-order valence-electron chi connectivity index (χ1n) is 9.05. The van der Waals surface area contributed by atoms with Gasteiger partial charge in [0.05, 0.1) is 38.5 Å². The van der Waals surface area contributed by atoms with Gasteiger partial charge in [-0.25, -0.2) is 0 Å². The summed E-state index contributed by atoms with van der Waals surface area (Å²) >= 11 is 3.54. The largest absolute Gasteiger partial charge is 0.493 e. The van der Waals surface area contributed by atoms with Gasteiger partial charge in [0.15, 0.2) is 17.5 Å². The molecule has 0 aromatic heterocycles. The first kappa shape index (κ1) is 21.8. The molecular weight excluding hydrogens is 414 g/mol. The van der Waals surface area contributed by atoms with Gasteiger partial charge in [0.2, 0.25) is 0 Å². The van der Waals surface area contributed by atoms with E-state index in [2.05, 4.69) is 31.1 Å². The van der Waals surface area contributed by atoms with Crippen LogP contribution in [0.1, 0.15) is 12.0 Å². The highest BCUT2D eigenvalue weighted by Gasteiger charge is 2.25. The first-order valence-corrected chi connectivity index (χ1v) is 9.84. The summed E-state index contributed by atoms with van der Waals surface area (Å²) < 4.78 is 22.3. The fourth-order valence-electron chi connectivity index (χ4n) is 3.14. The van der Waals surface area contributed by atoms with Gasteiger partial charge in [0.1, 0.15) is 0 Å². The third kappa shape index (κ3) is 6.26. The number of guanidine groups is 1. The van der Waals surface area contributed by atoms with E-state index >= 15 is 0 Å². The number of ether oxygens (including phenoxy) is 4. The number of hydrogen-bond donors (Lipinski definition) is 1. The SMILES string of the molecule is CN=C(NCc1cc(Br)c(OC)c(OC)c1)N1CCC(COCCOC)C1. The normalized spacial score (nSPS) is 17.3. The molecule has 7 nitrogen and oxygen atoms in total. The van der Waals surface area contributed by atoms with Gasteiger partial charge in [0, 0.05) is 39.7 Å². The summed E-state index contributed by atoms with van der Waals surface area (Å²) in [5, 5.41) is 3.44. The number of nitrogens with one attached hydrogen (secondary N) is 1. The predicted molar refractivity (Wildman–Crippen MR) is 110 cm³/mol. The van der Waals surface area contributed by atoms with Crippen LogP contribution in [0, 0.1) is 5.92 Å². The summed E-state index contributed by atoms with van der Waals surface area (Å²) in [5.41, 5.74) is 1.08. The van der Waals surface area contributed by atoms with Crippen molar-refractivity contribution in [3.8, 4) is 11.5 Å². The van der Waals surface area contributed by atoms with Crippen LogP contribution in [0.4, 0.5) is 0 Å². The van der Waals surface area contributed by atoms with Gasteiger partial charge >= 0.3 is 0 Å². The smallest absolute Gasteiger partial charge is 0.193 e. The standard InChI is InChI=1S/C19H30BrN3O4/c1-21-19(23-6-5-14(12-23)13-27-8-7-24-2)22-11-15-9-16(20)18(26-4)17(10-15)25-3/h9-10,14H,5-8,11-13H2,1-4H3,(H,21,22). The van der Waals surface area contributed by atoms with Crippen molar-refractivity contribution in [2.75, 3.05) is 61.3 Å². The molecule has 1 atom stereocenters. The van der Waals surface area contributed by atoms with Crippen molar-refractivity contribution < 1.29 is 18.9 Å². The molecule has 0 aliphatic carbocycles. The molecule has 1 aliphatic heterocycles. The lowest BCUT2D eigenvalue weighted by Crippen LogP contribution is -2.39. The van der Waals surface area contributed by atoms with Crippen LogP contribution in [0.3, 0.4) is 0 Å². The fraction of sp³-hybridized carbons (Fsp3) is 0.632.